The van der Waals surface area contributed by atoms with E-state index in [0.29, 0.717) is 23.0 Å². The molecule has 0 saturated heterocycles. The number of thioether (sulfide) groups is 1. The van der Waals surface area contributed by atoms with Crippen LogP contribution in [0, 0.1) is 12.7 Å². The largest absolute Gasteiger partial charge is 0.497 e. The summed E-state index contributed by atoms with van der Waals surface area (Å²) in [7, 11) is 1.55. The predicted molar refractivity (Wildman–Crippen MR) is 143 cm³/mol. The number of aryl methyl sites for hydroxylation is 1. The molecule has 0 aromatic heterocycles. The number of hydrazone groups is 1. The van der Waals surface area contributed by atoms with Gasteiger partial charge < -0.3 is 10.1 Å². The van der Waals surface area contributed by atoms with Gasteiger partial charge in [0.15, 0.2) is 5.17 Å². The molecule has 7 nitrogen and oxygen atoms in total. The average Bonchev–Trinajstić information content (AvgIpc) is 3.49. The molecular weight excluding hydrogens is 491 g/mol. The van der Waals surface area contributed by atoms with Gasteiger partial charge in [0, 0.05) is 24.6 Å². The maximum atomic E-state index is 13.6. The van der Waals surface area contributed by atoms with Gasteiger partial charge in [-0.15, -0.1) is 0 Å². The van der Waals surface area contributed by atoms with E-state index in [1.807, 2.05) is 31.2 Å². The van der Waals surface area contributed by atoms with Crippen LogP contribution in [0.1, 0.15) is 35.6 Å². The number of hydrogen-bond donors (Lipinski definition) is 1. The van der Waals surface area contributed by atoms with Crippen LogP contribution in [0.4, 0.5) is 10.1 Å². The summed E-state index contributed by atoms with van der Waals surface area (Å²) in [5, 5.41) is 9.13. The van der Waals surface area contributed by atoms with Crippen LogP contribution in [0.5, 0.6) is 5.75 Å². The molecule has 0 aliphatic carbocycles. The number of methoxy groups -OCH3 is 1. The highest BCUT2D eigenvalue weighted by molar-refractivity contribution is 8.15. The van der Waals surface area contributed by atoms with Crippen LogP contribution in [-0.4, -0.2) is 40.1 Å². The number of aliphatic imine (C=N–C) groups is 1. The van der Waals surface area contributed by atoms with Crippen molar-refractivity contribution >= 4 is 40.1 Å². The number of anilines is 1. The molecule has 0 saturated carbocycles. The highest BCUT2D eigenvalue weighted by atomic mass is 32.2. The molecule has 188 valence electrons. The van der Waals surface area contributed by atoms with E-state index in [2.05, 4.69) is 10.3 Å². The first-order chi connectivity index (χ1) is 17.9. The smallest absolute Gasteiger partial charge is 0.262 e. The van der Waals surface area contributed by atoms with Crippen LogP contribution in [0.3, 0.4) is 0 Å². The van der Waals surface area contributed by atoms with E-state index in [9.17, 15) is 14.0 Å². The van der Waals surface area contributed by atoms with Gasteiger partial charge in [-0.3, -0.25) is 9.59 Å². The minimum atomic E-state index is -0.659. The first-order valence-corrected chi connectivity index (χ1v) is 12.7. The van der Waals surface area contributed by atoms with Crippen LogP contribution in [0.2, 0.25) is 0 Å². The van der Waals surface area contributed by atoms with Crippen LogP contribution < -0.4 is 10.1 Å². The van der Waals surface area contributed by atoms with Gasteiger partial charge in [0.25, 0.3) is 5.91 Å². The zero-order valence-electron chi connectivity index (χ0n) is 20.3. The molecule has 0 radical (unpaired) electrons. The van der Waals surface area contributed by atoms with Crippen molar-refractivity contribution in [2.24, 2.45) is 10.1 Å². The first-order valence-electron chi connectivity index (χ1n) is 11.8. The normalized spacial score (nSPS) is 19.0. The summed E-state index contributed by atoms with van der Waals surface area (Å²) >= 11 is 1.22. The number of hydrogen-bond acceptors (Lipinski definition) is 6. The Balaban J connectivity index is 1.34. The van der Waals surface area contributed by atoms with Gasteiger partial charge in [-0.1, -0.05) is 59.8 Å². The lowest BCUT2D eigenvalue weighted by Crippen LogP contribution is -2.25. The molecule has 3 aromatic rings. The van der Waals surface area contributed by atoms with Crippen LogP contribution in [0.25, 0.3) is 0 Å². The van der Waals surface area contributed by atoms with E-state index in [1.54, 1.807) is 48.5 Å². The van der Waals surface area contributed by atoms with E-state index < -0.39 is 5.25 Å². The van der Waals surface area contributed by atoms with Crippen molar-refractivity contribution in [1.29, 1.82) is 0 Å². The highest BCUT2D eigenvalue weighted by Gasteiger charge is 2.39. The van der Waals surface area contributed by atoms with Gasteiger partial charge >= 0.3 is 0 Å². The molecule has 0 fully saturated rings. The van der Waals surface area contributed by atoms with Crippen molar-refractivity contribution in [3.8, 4) is 5.75 Å². The first kappa shape index (κ1) is 24.7. The Morgan fingerprint density at radius 1 is 1.14 bits per heavy atom. The average molecular weight is 517 g/mol. The van der Waals surface area contributed by atoms with Gasteiger partial charge in [0.05, 0.1) is 18.9 Å². The third-order valence-corrected chi connectivity index (χ3v) is 7.34. The van der Waals surface area contributed by atoms with Crippen LogP contribution in [0.15, 0.2) is 82.9 Å². The van der Waals surface area contributed by atoms with E-state index in [4.69, 9.17) is 9.84 Å². The lowest BCUT2D eigenvalue weighted by Gasteiger charge is -2.23. The number of halogens is 1. The topological polar surface area (TPSA) is 83.4 Å². The predicted octanol–water partition coefficient (Wildman–Crippen LogP) is 5.32. The van der Waals surface area contributed by atoms with Crippen molar-refractivity contribution in [2.45, 2.75) is 31.1 Å². The fourth-order valence-electron chi connectivity index (χ4n) is 4.24. The van der Waals surface area contributed by atoms with E-state index in [-0.39, 0.29) is 30.1 Å². The Kier molecular flexibility index (Phi) is 7.05. The van der Waals surface area contributed by atoms with Crippen LogP contribution in [-0.2, 0) is 9.59 Å². The van der Waals surface area contributed by atoms with Gasteiger partial charge in [-0.2, -0.15) is 10.1 Å². The standard InChI is InChI=1S/C28H25FN4O3S/c1-17-6-8-18(9-7-17)23-15-24(19-10-12-20(29)13-11-19)33(32-23)28-31-27(35)25(37-28)16-26(34)30-21-4-3-5-22(14-21)36-2/h3-14,24-25H,15-16H2,1-2H3,(H,30,34)/t24-,25-/m1/s1. The Morgan fingerprint density at radius 3 is 2.62 bits per heavy atom. The molecule has 2 heterocycles. The Labute approximate surface area is 218 Å². The lowest BCUT2D eigenvalue weighted by molar-refractivity contribution is -0.121. The Morgan fingerprint density at radius 2 is 1.89 bits per heavy atom. The number of amidine groups is 1. The second-order valence-electron chi connectivity index (χ2n) is 8.85. The van der Waals surface area contributed by atoms with Gasteiger partial charge in [-0.05, 0) is 42.3 Å². The summed E-state index contributed by atoms with van der Waals surface area (Å²) in [5.41, 5.74) is 4.42. The SMILES string of the molecule is COc1cccc(NC(=O)C[C@H]2SC(N3N=C(c4ccc(C)cc4)C[C@@H]3c3ccc(F)cc3)=NC2=O)c1. The second kappa shape index (κ2) is 10.6. The summed E-state index contributed by atoms with van der Waals surface area (Å²) in [4.78, 5) is 29.7. The van der Waals surface area contributed by atoms with E-state index in [0.717, 1.165) is 22.4 Å². The maximum Gasteiger partial charge on any atom is 0.262 e. The number of nitrogens with one attached hydrogen (secondary N) is 1. The van der Waals surface area contributed by atoms with Gasteiger partial charge in [0.1, 0.15) is 16.8 Å². The summed E-state index contributed by atoms with van der Waals surface area (Å²) < 4.78 is 18.8. The third kappa shape index (κ3) is 5.56. The Bertz CT molecular complexity index is 1390. The van der Waals surface area contributed by atoms with Crippen molar-refractivity contribution in [3.05, 3.63) is 95.3 Å². The number of benzene rings is 3. The lowest BCUT2D eigenvalue weighted by atomic mass is 9.98. The minimum Gasteiger partial charge on any atom is -0.497 e. The molecular formula is C28H25FN4O3S. The van der Waals surface area contributed by atoms with Gasteiger partial charge in [-0.25, -0.2) is 9.40 Å². The third-order valence-electron chi connectivity index (χ3n) is 6.20. The van der Waals surface area contributed by atoms with Crippen molar-refractivity contribution < 1.29 is 18.7 Å². The maximum absolute atomic E-state index is 13.6. The minimum absolute atomic E-state index is 0.0305. The van der Waals surface area contributed by atoms with Crippen molar-refractivity contribution in [1.82, 2.24) is 5.01 Å². The number of amides is 2. The van der Waals surface area contributed by atoms with Crippen molar-refractivity contribution in [3.63, 3.8) is 0 Å². The number of ether oxygens (including phenoxy) is 1. The zero-order valence-corrected chi connectivity index (χ0v) is 21.2. The second-order valence-corrected chi connectivity index (χ2v) is 10.0. The number of nitrogens with zero attached hydrogens (tertiary/aromatic N) is 3. The number of rotatable bonds is 6. The molecule has 37 heavy (non-hydrogen) atoms. The van der Waals surface area contributed by atoms with E-state index >= 15 is 0 Å². The quantitative estimate of drug-likeness (QED) is 0.480. The molecule has 2 aliphatic rings. The molecule has 2 atom stereocenters. The molecule has 2 amide bonds. The molecule has 2 aliphatic heterocycles. The molecule has 1 N–H and O–H groups in total. The molecule has 5 rings (SSSR count). The molecule has 0 unspecified atom stereocenters. The van der Waals surface area contributed by atoms with E-state index in [1.165, 1.54) is 23.9 Å². The summed E-state index contributed by atoms with van der Waals surface area (Å²) in [6.45, 7) is 2.02. The summed E-state index contributed by atoms with van der Waals surface area (Å²) in [6, 6.07) is 21.1. The number of carbonyl (C=O) groups excluding carboxylic acids is 2. The van der Waals surface area contributed by atoms with Crippen LogP contribution >= 0.6 is 11.8 Å². The number of carbonyl (C=O) groups is 2. The molecule has 9 heteroatoms. The summed E-state index contributed by atoms with van der Waals surface area (Å²) in [6.07, 6.45) is 0.542. The van der Waals surface area contributed by atoms with Gasteiger partial charge in [0.2, 0.25) is 5.91 Å². The fraction of sp³-hybridized carbons (Fsp3) is 0.214. The fourth-order valence-corrected chi connectivity index (χ4v) is 5.30. The molecule has 0 bridgehead atoms. The Hall–Kier alpha value is -3.98. The molecule has 3 aromatic carbocycles. The summed E-state index contributed by atoms with van der Waals surface area (Å²) in [5.74, 6) is -0.371. The monoisotopic (exact) mass is 516 g/mol. The molecule has 0 spiro atoms. The van der Waals surface area contributed by atoms with Crippen molar-refractivity contribution in [2.75, 3.05) is 12.4 Å². The zero-order chi connectivity index (χ0) is 25.9. The highest BCUT2D eigenvalue weighted by Crippen LogP contribution is 2.38.